The normalized spacial score (nSPS) is 11.7. The van der Waals surface area contributed by atoms with Crippen molar-refractivity contribution < 1.29 is 19.1 Å². The van der Waals surface area contributed by atoms with Crippen molar-refractivity contribution in [2.24, 2.45) is 0 Å². The smallest absolute Gasteiger partial charge is 0.331 e. The van der Waals surface area contributed by atoms with E-state index in [-0.39, 0.29) is 6.16 Å². The zero-order valence-electron chi connectivity index (χ0n) is 9.20. The van der Waals surface area contributed by atoms with Crippen LogP contribution in [0.5, 0.6) is 5.75 Å². The average molecular weight is 253 g/mol. The second-order valence-electron chi connectivity index (χ2n) is 3.68. The van der Waals surface area contributed by atoms with Crippen LogP contribution in [0, 0.1) is 0 Å². The van der Waals surface area contributed by atoms with Gasteiger partial charge in [0.25, 0.3) is 0 Å². The molecule has 0 fully saturated rings. The van der Waals surface area contributed by atoms with Crippen molar-refractivity contribution in [1.82, 2.24) is 4.98 Å². The van der Waals surface area contributed by atoms with E-state index in [0.29, 0.717) is 11.2 Å². The number of hydrogen-bond donors (Lipinski definition) is 2. The van der Waals surface area contributed by atoms with Gasteiger partial charge in [-0.25, -0.2) is 0 Å². The van der Waals surface area contributed by atoms with Crippen LogP contribution in [0.15, 0.2) is 30.3 Å². The van der Waals surface area contributed by atoms with Crippen LogP contribution in [0.3, 0.4) is 0 Å². The summed E-state index contributed by atoms with van der Waals surface area (Å²) in [7, 11) is -2.49. The number of fused-ring (bicyclic) bond motifs is 1. The Hall–Kier alpha value is -1.42. The molecule has 0 amide bonds. The molecule has 90 valence electrons. The van der Waals surface area contributed by atoms with E-state index in [1.165, 1.54) is 0 Å². The zero-order valence-corrected chi connectivity index (χ0v) is 10.1. The predicted octanol–water partition coefficient (Wildman–Crippen LogP) is 1.92. The molecule has 6 heteroatoms. The molecule has 0 radical (unpaired) electrons. The number of rotatable bonds is 3. The highest BCUT2D eigenvalue weighted by Crippen LogP contribution is 2.38. The molecular formula is C11H12NO4P. The highest BCUT2D eigenvalue weighted by atomic mass is 31.2. The van der Waals surface area contributed by atoms with Gasteiger partial charge in [-0.05, 0) is 24.3 Å². The summed E-state index contributed by atoms with van der Waals surface area (Å²) >= 11 is 0. The van der Waals surface area contributed by atoms with Crippen molar-refractivity contribution in [2.45, 2.75) is 6.16 Å². The van der Waals surface area contributed by atoms with Crippen LogP contribution in [0.4, 0.5) is 0 Å². The molecule has 5 nitrogen and oxygen atoms in total. The number of aromatic nitrogens is 1. The minimum Gasteiger partial charge on any atom is -0.497 e. The molecule has 0 aliphatic heterocycles. The SMILES string of the molecule is COc1ccc2nc(CP(=O)(O)O)ccc2c1. The molecule has 1 aromatic carbocycles. The number of methoxy groups -OCH3 is 1. The molecule has 0 saturated heterocycles. The molecule has 0 unspecified atom stereocenters. The van der Waals surface area contributed by atoms with Crippen LogP contribution in [0.25, 0.3) is 10.9 Å². The van der Waals surface area contributed by atoms with Crippen molar-refractivity contribution in [3.05, 3.63) is 36.0 Å². The number of ether oxygens (including phenoxy) is 1. The average Bonchev–Trinajstić information content (AvgIpc) is 2.26. The van der Waals surface area contributed by atoms with Gasteiger partial charge in [-0.1, -0.05) is 6.07 Å². The Morgan fingerprint density at radius 3 is 2.71 bits per heavy atom. The van der Waals surface area contributed by atoms with Gasteiger partial charge < -0.3 is 14.5 Å². The maximum Gasteiger partial charge on any atom is 0.331 e. The van der Waals surface area contributed by atoms with Gasteiger partial charge in [-0.2, -0.15) is 0 Å². The number of hydrogen-bond acceptors (Lipinski definition) is 3. The van der Waals surface area contributed by atoms with Crippen molar-refractivity contribution >= 4 is 18.5 Å². The van der Waals surface area contributed by atoms with E-state index in [1.54, 1.807) is 31.4 Å². The summed E-state index contributed by atoms with van der Waals surface area (Å²) in [6, 6.07) is 8.73. The number of benzene rings is 1. The Labute approximate surface area is 98.2 Å². The lowest BCUT2D eigenvalue weighted by Crippen LogP contribution is -1.92. The Morgan fingerprint density at radius 1 is 1.29 bits per heavy atom. The van der Waals surface area contributed by atoms with Crippen molar-refractivity contribution in [3.63, 3.8) is 0 Å². The van der Waals surface area contributed by atoms with Crippen molar-refractivity contribution in [3.8, 4) is 5.75 Å². The lowest BCUT2D eigenvalue weighted by Gasteiger charge is -2.06. The molecule has 0 aliphatic rings. The molecule has 17 heavy (non-hydrogen) atoms. The molecule has 2 N–H and O–H groups in total. The molecular weight excluding hydrogens is 241 g/mol. The summed E-state index contributed by atoms with van der Waals surface area (Å²) < 4.78 is 16.0. The van der Waals surface area contributed by atoms with Gasteiger partial charge in [-0.3, -0.25) is 9.55 Å². The second kappa shape index (κ2) is 4.45. The summed E-state index contributed by atoms with van der Waals surface area (Å²) in [5.41, 5.74) is 1.08. The molecule has 2 aromatic rings. The first-order chi connectivity index (χ1) is 7.98. The summed E-state index contributed by atoms with van der Waals surface area (Å²) in [6.45, 7) is 0. The van der Waals surface area contributed by atoms with Crippen LogP contribution in [-0.2, 0) is 10.7 Å². The highest BCUT2D eigenvalue weighted by Gasteiger charge is 2.15. The third-order valence-corrected chi connectivity index (χ3v) is 3.06. The van der Waals surface area contributed by atoms with E-state index in [4.69, 9.17) is 14.5 Å². The third-order valence-electron chi connectivity index (χ3n) is 2.32. The van der Waals surface area contributed by atoms with Crippen LogP contribution >= 0.6 is 7.60 Å². The van der Waals surface area contributed by atoms with E-state index in [0.717, 1.165) is 11.1 Å². The van der Waals surface area contributed by atoms with Crippen LogP contribution < -0.4 is 4.74 Å². The van der Waals surface area contributed by atoms with Gasteiger partial charge in [0.2, 0.25) is 0 Å². The molecule has 1 aromatic heterocycles. The van der Waals surface area contributed by atoms with Crippen molar-refractivity contribution in [1.29, 1.82) is 0 Å². The van der Waals surface area contributed by atoms with Crippen molar-refractivity contribution in [2.75, 3.05) is 7.11 Å². The molecule has 2 rings (SSSR count). The fraction of sp³-hybridized carbons (Fsp3) is 0.182. The lowest BCUT2D eigenvalue weighted by atomic mass is 10.2. The molecule has 1 heterocycles. The first-order valence-corrected chi connectivity index (χ1v) is 6.76. The van der Waals surface area contributed by atoms with E-state index in [2.05, 4.69) is 4.98 Å². The monoisotopic (exact) mass is 253 g/mol. The maximum atomic E-state index is 10.9. The molecule has 0 saturated carbocycles. The predicted molar refractivity (Wildman–Crippen MR) is 64.0 cm³/mol. The first-order valence-electron chi connectivity index (χ1n) is 4.96. The highest BCUT2D eigenvalue weighted by molar-refractivity contribution is 7.50. The van der Waals surface area contributed by atoms with Gasteiger partial charge in [0.1, 0.15) is 5.75 Å². The fourth-order valence-electron chi connectivity index (χ4n) is 1.57. The summed E-state index contributed by atoms with van der Waals surface area (Å²) in [5, 5.41) is 0.874. The van der Waals surface area contributed by atoms with Crippen LogP contribution in [0.2, 0.25) is 0 Å². The standard InChI is InChI=1S/C11H12NO4P/c1-16-10-4-5-11-8(6-10)2-3-9(12-11)7-17(13,14)15/h2-6H,7H2,1H3,(H2,13,14,15). The fourth-order valence-corrected chi connectivity index (χ4v) is 2.17. The Bertz CT molecular complexity index is 593. The Morgan fingerprint density at radius 2 is 2.06 bits per heavy atom. The number of pyridine rings is 1. The van der Waals surface area contributed by atoms with E-state index in [1.807, 2.05) is 6.07 Å². The Kier molecular flexibility index (Phi) is 3.15. The quantitative estimate of drug-likeness (QED) is 0.817. The summed E-state index contributed by atoms with van der Waals surface area (Å²) in [5.74, 6) is 0.724. The second-order valence-corrected chi connectivity index (χ2v) is 5.33. The maximum absolute atomic E-state index is 10.9. The van der Waals surface area contributed by atoms with Gasteiger partial charge in [0.05, 0.1) is 24.5 Å². The third kappa shape index (κ3) is 3.03. The molecule has 0 aliphatic carbocycles. The van der Waals surface area contributed by atoms with E-state index < -0.39 is 7.60 Å². The van der Waals surface area contributed by atoms with E-state index in [9.17, 15) is 4.57 Å². The van der Waals surface area contributed by atoms with Crippen LogP contribution in [0.1, 0.15) is 5.69 Å². The molecule has 0 bridgehead atoms. The van der Waals surface area contributed by atoms with Gasteiger partial charge >= 0.3 is 7.60 Å². The summed E-state index contributed by atoms with van der Waals surface area (Å²) in [6.07, 6.45) is -0.338. The minimum atomic E-state index is -4.07. The van der Waals surface area contributed by atoms with Gasteiger partial charge in [0.15, 0.2) is 0 Å². The van der Waals surface area contributed by atoms with E-state index >= 15 is 0 Å². The number of nitrogens with zero attached hydrogens (tertiary/aromatic N) is 1. The van der Waals surface area contributed by atoms with Gasteiger partial charge in [-0.15, -0.1) is 0 Å². The Balaban J connectivity index is 2.41. The molecule has 0 spiro atoms. The molecule has 0 atom stereocenters. The zero-order chi connectivity index (χ0) is 12.5. The first kappa shape index (κ1) is 12.0. The largest absolute Gasteiger partial charge is 0.497 e. The minimum absolute atomic E-state index is 0.338. The van der Waals surface area contributed by atoms with Crippen LogP contribution in [-0.4, -0.2) is 21.9 Å². The topological polar surface area (TPSA) is 79.7 Å². The lowest BCUT2D eigenvalue weighted by molar-refractivity contribution is 0.371. The summed E-state index contributed by atoms with van der Waals surface area (Å²) in [4.78, 5) is 21.9. The van der Waals surface area contributed by atoms with Gasteiger partial charge in [0, 0.05) is 5.39 Å².